The topological polar surface area (TPSA) is 41.5 Å². The molecule has 0 radical (unpaired) electrons. The molecule has 0 aliphatic carbocycles. The van der Waals surface area contributed by atoms with Crippen molar-refractivity contribution in [1.82, 2.24) is 5.32 Å². The van der Waals surface area contributed by atoms with E-state index in [-0.39, 0.29) is 12.6 Å². The van der Waals surface area contributed by atoms with Gasteiger partial charge in [0.2, 0.25) is 0 Å². The van der Waals surface area contributed by atoms with E-state index in [9.17, 15) is 0 Å². The molecule has 0 saturated carbocycles. The van der Waals surface area contributed by atoms with E-state index in [0.717, 1.165) is 25.2 Å². The van der Waals surface area contributed by atoms with Crippen molar-refractivity contribution in [3.63, 3.8) is 0 Å². The van der Waals surface area contributed by atoms with Crippen LogP contribution in [0.4, 0.5) is 0 Å². The molecule has 0 fully saturated rings. The summed E-state index contributed by atoms with van der Waals surface area (Å²) in [6, 6.07) is 6.35. The van der Waals surface area contributed by atoms with Crippen molar-refractivity contribution in [2.24, 2.45) is 0 Å². The van der Waals surface area contributed by atoms with Crippen molar-refractivity contribution in [1.29, 1.82) is 0 Å². The van der Waals surface area contributed by atoms with Crippen LogP contribution in [0.3, 0.4) is 0 Å². The summed E-state index contributed by atoms with van der Waals surface area (Å²) in [5.74, 6) is 0.923. The van der Waals surface area contributed by atoms with Crippen LogP contribution >= 0.6 is 0 Å². The summed E-state index contributed by atoms with van der Waals surface area (Å²) in [6.45, 7) is 5.12. The molecule has 17 heavy (non-hydrogen) atoms. The molecule has 1 unspecified atom stereocenters. The number of nitrogens with one attached hydrogen (secondary N) is 1. The molecular formula is C14H23NO2. The van der Waals surface area contributed by atoms with Crippen LogP contribution in [0.2, 0.25) is 0 Å². The second-order valence-electron chi connectivity index (χ2n) is 4.22. The third kappa shape index (κ3) is 4.02. The fourth-order valence-corrected chi connectivity index (χ4v) is 1.93. The van der Waals surface area contributed by atoms with E-state index < -0.39 is 0 Å². The maximum Gasteiger partial charge on any atom is 0.119 e. The van der Waals surface area contributed by atoms with E-state index >= 15 is 0 Å². The highest BCUT2D eigenvalue weighted by Gasteiger charge is 2.11. The van der Waals surface area contributed by atoms with Crippen LogP contribution in [0.5, 0.6) is 5.75 Å². The van der Waals surface area contributed by atoms with E-state index in [0.29, 0.717) is 0 Å². The van der Waals surface area contributed by atoms with Crippen LogP contribution < -0.4 is 10.1 Å². The molecular weight excluding hydrogens is 214 g/mol. The Morgan fingerprint density at radius 1 is 1.41 bits per heavy atom. The summed E-state index contributed by atoms with van der Waals surface area (Å²) in [5.41, 5.74) is 2.43. The quantitative estimate of drug-likeness (QED) is 0.765. The second kappa shape index (κ2) is 7.30. The number of aliphatic hydroxyl groups excluding tert-OH is 1. The molecule has 0 amide bonds. The molecule has 96 valence electrons. The van der Waals surface area contributed by atoms with E-state index in [4.69, 9.17) is 9.84 Å². The monoisotopic (exact) mass is 237 g/mol. The molecule has 1 rings (SSSR count). The maximum absolute atomic E-state index is 9.03. The molecule has 1 aromatic carbocycles. The Hall–Kier alpha value is -1.06. The Balaban J connectivity index is 2.80. The molecule has 0 aromatic heterocycles. The van der Waals surface area contributed by atoms with Crippen molar-refractivity contribution >= 4 is 0 Å². The zero-order chi connectivity index (χ0) is 12.7. The van der Waals surface area contributed by atoms with Gasteiger partial charge in [0, 0.05) is 12.6 Å². The number of aliphatic hydroxyl groups is 1. The summed E-state index contributed by atoms with van der Waals surface area (Å²) in [5, 5.41) is 12.2. The lowest BCUT2D eigenvalue weighted by atomic mass is 9.99. The number of rotatable bonds is 7. The highest BCUT2D eigenvalue weighted by Crippen LogP contribution is 2.24. The van der Waals surface area contributed by atoms with Crippen molar-refractivity contribution in [3.8, 4) is 5.75 Å². The average Bonchev–Trinajstić information content (AvgIpc) is 2.34. The largest absolute Gasteiger partial charge is 0.494 e. The van der Waals surface area contributed by atoms with Gasteiger partial charge in [0.25, 0.3) is 0 Å². The normalized spacial score (nSPS) is 12.5. The van der Waals surface area contributed by atoms with Crippen LogP contribution in [-0.4, -0.2) is 25.4 Å². The SMILES string of the molecule is CCCOc1ccc(C(CCO)NC)c(C)c1. The molecule has 1 atom stereocenters. The van der Waals surface area contributed by atoms with Gasteiger partial charge >= 0.3 is 0 Å². The van der Waals surface area contributed by atoms with Gasteiger partial charge in [0.15, 0.2) is 0 Å². The molecule has 0 aliphatic rings. The minimum absolute atomic E-state index is 0.193. The number of aryl methyl sites for hydroxylation is 1. The molecule has 3 nitrogen and oxygen atoms in total. The number of ether oxygens (including phenoxy) is 1. The maximum atomic E-state index is 9.03. The Morgan fingerprint density at radius 2 is 2.18 bits per heavy atom. The van der Waals surface area contributed by atoms with Crippen LogP contribution in [0.25, 0.3) is 0 Å². The first-order chi connectivity index (χ1) is 8.22. The highest BCUT2D eigenvalue weighted by atomic mass is 16.5. The highest BCUT2D eigenvalue weighted by molar-refractivity contribution is 5.36. The van der Waals surface area contributed by atoms with Gasteiger partial charge in [-0.1, -0.05) is 13.0 Å². The zero-order valence-corrected chi connectivity index (χ0v) is 11.0. The van der Waals surface area contributed by atoms with Gasteiger partial charge in [-0.25, -0.2) is 0 Å². The predicted molar refractivity (Wildman–Crippen MR) is 70.5 cm³/mol. The fourth-order valence-electron chi connectivity index (χ4n) is 1.93. The minimum atomic E-state index is 0.193. The van der Waals surface area contributed by atoms with Gasteiger partial charge in [0.1, 0.15) is 5.75 Å². The van der Waals surface area contributed by atoms with E-state index in [2.05, 4.69) is 31.3 Å². The van der Waals surface area contributed by atoms with Gasteiger partial charge in [0.05, 0.1) is 6.61 Å². The summed E-state index contributed by atoms with van der Waals surface area (Å²) in [7, 11) is 1.92. The number of hydrogen-bond acceptors (Lipinski definition) is 3. The van der Waals surface area contributed by atoms with E-state index in [1.54, 1.807) is 0 Å². The first-order valence-electron chi connectivity index (χ1n) is 6.24. The third-order valence-corrected chi connectivity index (χ3v) is 2.86. The molecule has 1 aromatic rings. The van der Waals surface area contributed by atoms with Crippen molar-refractivity contribution in [2.45, 2.75) is 32.7 Å². The number of hydrogen-bond donors (Lipinski definition) is 2. The van der Waals surface area contributed by atoms with Crippen molar-refractivity contribution < 1.29 is 9.84 Å². The van der Waals surface area contributed by atoms with Crippen molar-refractivity contribution in [2.75, 3.05) is 20.3 Å². The smallest absolute Gasteiger partial charge is 0.119 e. The Morgan fingerprint density at radius 3 is 2.71 bits per heavy atom. The fraction of sp³-hybridized carbons (Fsp3) is 0.571. The molecule has 0 saturated heterocycles. The van der Waals surface area contributed by atoms with Crippen LogP contribution in [0.1, 0.15) is 36.9 Å². The van der Waals surface area contributed by atoms with E-state index in [1.165, 1.54) is 11.1 Å². The van der Waals surface area contributed by atoms with E-state index in [1.807, 2.05) is 13.1 Å². The lowest BCUT2D eigenvalue weighted by Crippen LogP contribution is -2.18. The molecule has 0 bridgehead atoms. The van der Waals surface area contributed by atoms with Gasteiger partial charge in [-0.15, -0.1) is 0 Å². The summed E-state index contributed by atoms with van der Waals surface area (Å²) < 4.78 is 5.59. The lowest BCUT2D eigenvalue weighted by Gasteiger charge is -2.18. The van der Waals surface area contributed by atoms with Crippen molar-refractivity contribution in [3.05, 3.63) is 29.3 Å². The zero-order valence-electron chi connectivity index (χ0n) is 11.0. The first kappa shape index (κ1) is 14.0. The van der Waals surface area contributed by atoms with Crippen LogP contribution in [-0.2, 0) is 0 Å². The third-order valence-electron chi connectivity index (χ3n) is 2.86. The molecule has 0 spiro atoms. The van der Waals surface area contributed by atoms with Crippen LogP contribution in [0.15, 0.2) is 18.2 Å². The summed E-state index contributed by atoms with van der Waals surface area (Å²) in [6.07, 6.45) is 1.75. The summed E-state index contributed by atoms with van der Waals surface area (Å²) >= 11 is 0. The molecule has 3 heteroatoms. The Labute approximate surface area is 104 Å². The van der Waals surface area contributed by atoms with Gasteiger partial charge in [-0.05, 0) is 50.1 Å². The Kier molecular flexibility index (Phi) is 6.01. The first-order valence-corrected chi connectivity index (χ1v) is 6.24. The molecule has 2 N–H and O–H groups in total. The second-order valence-corrected chi connectivity index (χ2v) is 4.22. The summed E-state index contributed by atoms with van der Waals surface area (Å²) in [4.78, 5) is 0. The predicted octanol–water partition coefficient (Wildman–Crippen LogP) is 2.43. The van der Waals surface area contributed by atoms with Gasteiger partial charge in [-0.3, -0.25) is 0 Å². The Bertz CT molecular complexity index is 339. The van der Waals surface area contributed by atoms with Gasteiger partial charge < -0.3 is 15.2 Å². The van der Waals surface area contributed by atoms with Crippen LogP contribution in [0, 0.1) is 6.92 Å². The number of benzene rings is 1. The lowest BCUT2D eigenvalue weighted by molar-refractivity contribution is 0.268. The standard InChI is InChI=1S/C14H23NO2/c1-4-9-17-12-5-6-13(11(2)10-12)14(15-3)7-8-16/h5-6,10,14-16H,4,7-9H2,1-3H3. The molecule has 0 heterocycles. The minimum Gasteiger partial charge on any atom is -0.494 e. The average molecular weight is 237 g/mol. The molecule has 0 aliphatic heterocycles. The van der Waals surface area contributed by atoms with Gasteiger partial charge in [-0.2, -0.15) is 0 Å².